The van der Waals surface area contributed by atoms with Crippen molar-refractivity contribution in [1.29, 1.82) is 0 Å². The van der Waals surface area contributed by atoms with Gasteiger partial charge < -0.3 is 20.1 Å². The zero-order valence-electron chi connectivity index (χ0n) is 4.16. The fraction of sp³-hybridized carbons (Fsp3) is 0.667. The molecule has 48 valence electrons. The van der Waals surface area contributed by atoms with Crippen molar-refractivity contribution in [2.45, 2.75) is 5.97 Å². The van der Waals surface area contributed by atoms with E-state index in [-0.39, 0.29) is 0 Å². The molecule has 0 aliphatic rings. The molecule has 0 saturated carbocycles. The Kier molecular flexibility index (Phi) is 1.91. The fourth-order valence-electron chi connectivity index (χ4n) is 0.0873. The molecule has 5 heteroatoms. The van der Waals surface area contributed by atoms with Crippen molar-refractivity contribution in [1.82, 2.24) is 0 Å². The largest absolute Gasteiger partial charge is 0.475 e. The molecule has 0 heterocycles. The van der Waals surface area contributed by atoms with Crippen molar-refractivity contribution < 1.29 is 24.9 Å². The Hall–Kier alpha value is -0.650. The van der Waals surface area contributed by atoms with E-state index in [9.17, 15) is 4.79 Å². The quantitative estimate of drug-likeness (QED) is 0.382. The second-order valence-corrected chi connectivity index (χ2v) is 1.12. The molecular weight excluding hydrogens is 116 g/mol. The summed E-state index contributed by atoms with van der Waals surface area (Å²) < 4.78 is 3.71. The first-order valence-corrected chi connectivity index (χ1v) is 1.74. The second kappa shape index (κ2) is 2.08. The number of aliphatic hydroxyl groups is 2. The van der Waals surface area contributed by atoms with Crippen LogP contribution in [0.2, 0.25) is 0 Å². The van der Waals surface area contributed by atoms with E-state index in [1.165, 1.54) is 0 Å². The van der Waals surface area contributed by atoms with E-state index in [1.54, 1.807) is 0 Å². The Balaban J connectivity index is 3.91. The number of ether oxygens (including phenoxy) is 1. The lowest BCUT2D eigenvalue weighted by molar-refractivity contribution is -0.312. The number of rotatable bonds is 2. The molecule has 0 aliphatic heterocycles. The van der Waals surface area contributed by atoms with Crippen molar-refractivity contribution in [2.24, 2.45) is 0 Å². The highest BCUT2D eigenvalue weighted by Crippen LogP contribution is 1.97. The van der Waals surface area contributed by atoms with E-state index in [4.69, 9.17) is 15.3 Å². The first-order valence-electron chi connectivity index (χ1n) is 1.74. The minimum absolute atomic E-state index is 0.869. The van der Waals surface area contributed by atoms with Crippen LogP contribution in [0.5, 0.6) is 0 Å². The van der Waals surface area contributed by atoms with Crippen LogP contribution in [-0.4, -0.2) is 34.4 Å². The number of methoxy groups -OCH3 is 1. The molecule has 0 saturated heterocycles. The molecule has 0 rings (SSSR count). The van der Waals surface area contributed by atoms with Gasteiger partial charge >= 0.3 is 11.9 Å². The maximum Gasteiger partial charge on any atom is 0.395 e. The number of carbonyl (C=O) groups is 1. The van der Waals surface area contributed by atoms with Gasteiger partial charge in [0.15, 0.2) is 0 Å². The Morgan fingerprint density at radius 3 is 2.00 bits per heavy atom. The number of carboxylic acids is 1. The van der Waals surface area contributed by atoms with Crippen molar-refractivity contribution >= 4 is 5.97 Å². The van der Waals surface area contributed by atoms with E-state index in [0.717, 1.165) is 7.11 Å². The molecule has 0 fully saturated rings. The van der Waals surface area contributed by atoms with Gasteiger partial charge in [0.25, 0.3) is 0 Å². The van der Waals surface area contributed by atoms with Crippen LogP contribution in [0.1, 0.15) is 0 Å². The summed E-state index contributed by atoms with van der Waals surface area (Å²) in [5.74, 6) is -4.88. The van der Waals surface area contributed by atoms with Gasteiger partial charge in [-0.1, -0.05) is 0 Å². The van der Waals surface area contributed by atoms with Crippen LogP contribution in [0.25, 0.3) is 0 Å². The van der Waals surface area contributed by atoms with Gasteiger partial charge in [-0.3, -0.25) is 0 Å². The molecular formula is C3H6O5. The Labute approximate surface area is 45.1 Å². The third-order valence-electron chi connectivity index (χ3n) is 0.563. The first-order chi connectivity index (χ1) is 3.50. The fourth-order valence-corrected chi connectivity index (χ4v) is 0.0873. The van der Waals surface area contributed by atoms with E-state index in [0.29, 0.717) is 0 Å². The van der Waals surface area contributed by atoms with Crippen molar-refractivity contribution in [3.63, 3.8) is 0 Å². The second-order valence-electron chi connectivity index (χ2n) is 1.12. The molecule has 5 nitrogen and oxygen atoms in total. The number of carboxylic acid groups (broad SMARTS) is 1. The maximum absolute atomic E-state index is 9.63. The number of aliphatic carboxylic acids is 1. The molecule has 0 aromatic carbocycles. The predicted molar refractivity (Wildman–Crippen MR) is 21.8 cm³/mol. The average molecular weight is 122 g/mol. The topological polar surface area (TPSA) is 87.0 Å². The normalized spacial score (nSPS) is 11.4. The summed E-state index contributed by atoms with van der Waals surface area (Å²) in [6.07, 6.45) is 0. The lowest BCUT2D eigenvalue weighted by Gasteiger charge is -2.11. The van der Waals surface area contributed by atoms with Crippen LogP contribution >= 0.6 is 0 Å². The Bertz CT molecular complexity index is 95.8. The lowest BCUT2D eigenvalue weighted by atomic mass is 10.6. The summed E-state index contributed by atoms with van der Waals surface area (Å²) in [6, 6.07) is 0. The zero-order valence-corrected chi connectivity index (χ0v) is 4.16. The van der Waals surface area contributed by atoms with Gasteiger partial charge in [-0.2, -0.15) is 0 Å². The highest BCUT2D eigenvalue weighted by molar-refractivity contribution is 5.72. The van der Waals surface area contributed by atoms with Gasteiger partial charge in [0.2, 0.25) is 0 Å². The van der Waals surface area contributed by atoms with E-state index in [2.05, 4.69) is 4.74 Å². The lowest BCUT2D eigenvalue weighted by Crippen LogP contribution is -2.39. The van der Waals surface area contributed by atoms with Gasteiger partial charge in [0.1, 0.15) is 0 Å². The van der Waals surface area contributed by atoms with Gasteiger partial charge in [0.05, 0.1) is 0 Å². The minimum atomic E-state index is -3.04. The molecule has 0 atom stereocenters. The van der Waals surface area contributed by atoms with E-state index >= 15 is 0 Å². The van der Waals surface area contributed by atoms with E-state index < -0.39 is 11.9 Å². The van der Waals surface area contributed by atoms with Gasteiger partial charge in [-0.15, -0.1) is 0 Å². The molecule has 3 N–H and O–H groups in total. The van der Waals surface area contributed by atoms with Crippen LogP contribution in [0.3, 0.4) is 0 Å². The van der Waals surface area contributed by atoms with Crippen molar-refractivity contribution in [2.75, 3.05) is 7.11 Å². The van der Waals surface area contributed by atoms with Crippen molar-refractivity contribution in [3.05, 3.63) is 0 Å². The van der Waals surface area contributed by atoms with Crippen LogP contribution in [-0.2, 0) is 9.53 Å². The molecule has 0 unspecified atom stereocenters. The third kappa shape index (κ3) is 1.45. The van der Waals surface area contributed by atoms with Gasteiger partial charge in [-0.05, 0) is 0 Å². The molecule has 0 radical (unpaired) electrons. The molecule has 8 heavy (non-hydrogen) atoms. The minimum Gasteiger partial charge on any atom is -0.475 e. The molecule has 0 amide bonds. The third-order valence-corrected chi connectivity index (χ3v) is 0.563. The summed E-state index contributed by atoms with van der Waals surface area (Å²) >= 11 is 0. The summed E-state index contributed by atoms with van der Waals surface area (Å²) in [5, 5.41) is 24.1. The van der Waals surface area contributed by atoms with Crippen molar-refractivity contribution in [3.8, 4) is 0 Å². The average Bonchev–Trinajstić information content (AvgIpc) is 1.67. The van der Waals surface area contributed by atoms with Crippen LogP contribution in [0.4, 0.5) is 0 Å². The summed E-state index contributed by atoms with van der Waals surface area (Å²) in [5.41, 5.74) is 0. The SMILES string of the molecule is COC(O)(O)C(=O)O. The Morgan fingerprint density at radius 1 is 1.62 bits per heavy atom. The summed E-state index contributed by atoms with van der Waals surface area (Å²) in [6.45, 7) is 0. The highest BCUT2D eigenvalue weighted by Gasteiger charge is 2.32. The zero-order chi connectivity index (χ0) is 6.78. The molecule has 0 aromatic heterocycles. The molecule has 0 spiro atoms. The Morgan fingerprint density at radius 2 is 2.00 bits per heavy atom. The molecule has 0 bridgehead atoms. The number of hydrogen-bond donors (Lipinski definition) is 3. The smallest absolute Gasteiger partial charge is 0.395 e. The van der Waals surface area contributed by atoms with Crippen LogP contribution in [0, 0.1) is 0 Å². The van der Waals surface area contributed by atoms with Crippen LogP contribution < -0.4 is 0 Å². The van der Waals surface area contributed by atoms with E-state index in [1.807, 2.05) is 0 Å². The molecule has 0 aromatic rings. The first kappa shape index (κ1) is 7.35. The molecule has 0 aliphatic carbocycles. The van der Waals surface area contributed by atoms with Crippen LogP contribution in [0.15, 0.2) is 0 Å². The maximum atomic E-state index is 9.63. The monoisotopic (exact) mass is 122 g/mol. The summed E-state index contributed by atoms with van der Waals surface area (Å²) in [7, 11) is 0.869. The van der Waals surface area contributed by atoms with Gasteiger partial charge in [-0.25, -0.2) is 4.79 Å². The standard InChI is InChI=1S/C3H6O5/c1-8-3(6,7)2(4)5/h6-7H,1H3,(H,4,5). The predicted octanol–water partition coefficient (Wildman–Crippen LogP) is -1.64. The highest BCUT2D eigenvalue weighted by atomic mass is 16.8. The summed E-state index contributed by atoms with van der Waals surface area (Å²) in [4.78, 5) is 9.63. The number of hydrogen-bond acceptors (Lipinski definition) is 4. The van der Waals surface area contributed by atoms with Gasteiger partial charge in [0, 0.05) is 7.11 Å².